The van der Waals surface area contributed by atoms with Crippen LogP contribution in [0.3, 0.4) is 0 Å². The summed E-state index contributed by atoms with van der Waals surface area (Å²) < 4.78 is 1.12. The Balaban J connectivity index is 1.86. The van der Waals surface area contributed by atoms with Gasteiger partial charge in [0.2, 0.25) is 0 Å². The maximum absolute atomic E-state index is 6.17. The van der Waals surface area contributed by atoms with E-state index in [1.807, 2.05) is 0 Å². The van der Waals surface area contributed by atoms with E-state index in [9.17, 15) is 0 Å². The Labute approximate surface area is 108 Å². The van der Waals surface area contributed by atoms with Crippen LogP contribution in [0.15, 0.2) is 22.7 Å². The number of imidazole rings is 1. The Morgan fingerprint density at radius 1 is 1.35 bits per heavy atom. The molecule has 3 N–H and O–H groups in total. The average molecular weight is 290 g/mol. The maximum Gasteiger partial charge on any atom is 0.127 e. The van der Waals surface area contributed by atoms with E-state index < -0.39 is 0 Å². The van der Waals surface area contributed by atoms with Gasteiger partial charge < -0.3 is 10.7 Å². The molecule has 2 aliphatic carbocycles. The number of nitrogens with two attached hydrogens (primary N) is 1. The van der Waals surface area contributed by atoms with Crippen molar-refractivity contribution in [3.63, 3.8) is 0 Å². The third-order valence-corrected chi connectivity index (χ3v) is 4.22. The molecule has 86 valence electrons. The van der Waals surface area contributed by atoms with Crippen LogP contribution in [0.5, 0.6) is 0 Å². The number of rotatable bonds is 1. The van der Waals surface area contributed by atoms with Gasteiger partial charge in [-0.15, -0.1) is 0 Å². The molecule has 0 saturated heterocycles. The molecule has 1 saturated carbocycles. The van der Waals surface area contributed by atoms with E-state index in [1.165, 1.54) is 16.8 Å². The SMILES string of the molecule is NC1(c2nc3c([nH]2)Cc2cc(Br)ccc2-3)CC1. The summed E-state index contributed by atoms with van der Waals surface area (Å²) in [5.41, 5.74) is 10.9. The smallest absolute Gasteiger partial charge is 0.127 e. The van der Waals surface area contributed by atoms with Crippen molar-refractivity contribution in [1.82, 2.24) is 9.97 Å². The van der Waals surface area contributed by atoms with E-state index in [0.29, 0.717) is 0 Å². The Morgan fingerprint density at radius 2 is 2.18 bits per heavy atom. The van der Waals surface area contributed by atoms with Crippen LogP contribution in [-0.4, -0.2) is 9.97 Å². The predicted octanol–water partition coefficient (Wildman–Crippen LogP) is 2.69. The summed E-state index contributed by atoms with van der Waals surface area (Å²) in [6.45, 7) is 0. The highest BCUT2D eigenvalue weighted by atomic mass is 79.9. The van der Waals surface area contributed by atoms with Crippen molar-refractivity contribution < 1.29 is 0 Å². The van der Waals surface area contributed by atoms with Crippen molar-refractivity contribution >= 4 is 15.9 Å². The van der Waals surface area contributed by atoms with Crippen molar-refractivity contribution in [2.75, 3.05) is 0 Å². The third kappa shape index (κ3) is 1.34. The fourth-order valence-electron chi connectivity index (χ4n) is 2.50. The summed E-state index contributed by atoms with van der Waals surface area (Å²) >= 11 is 3.50. The number of aromatic amines is 1. The lowest BCUT2D eigenvalue weighted by Crippen LogP contribution is -2.20. The molecular formula is C13H12BrN3. The monoisotopic (exact) mass is 289 g/mol. The van der Waals surface area contributed by atoms with Crippen LogP contribution in [-0.2, 0) is 12.0 Å². The summed E-state index contributed by atoms with van der Waals surface area (Å²) in [7, 11) is 0. The van der Waals surface area contributed by atoms with Crippen LogP contribution >= 0.6 is 15.9 Å². The first-order valence-corrected chi connectivity index (χ1v) is 6.62. The predicted molar refractivity (Wildman–Crippen MR) is 69.6 cm³/mol. The Kier molecular flexibility index (Phi) is 1.74. The van der Waals surface area contributed by atoms with E-state index >= 15 is 0 Å². The molecule has 4 heteroatoms. The second-order valence-corrected chi connectivity index (χ2v) is 5.96. The molecule has 0 atom stereocenters. The van der Waals surface area contributed by atoms with E-state index in [0.717, 1.165) is 35.3 Å². The number of benzene rings is 1. The second kappa shape index (κ2) is 3.00. The van der Waals surface area contributed by atoms with E-state index in [-0.39, 0.29) is 5.54 Å². The first-order chi connectivity index (χ1) is 8.16. The van der Waals surface area contributed by atoms with Gasteiger partial charge in [-0.2, -0.15) is 0 Å². The van der Waals surface area contributed by atoms with Gasteiger partial charge in [-0.25, -0.2) is 4.98 Å². The molecule has 1 fully saturated rings. The average Bonchev–Trinajstić information content (AvgIpc) is 2.77. The van der Waals surface area contributed by atoms with Gasteiger partial charge in [0, 0.05) is 22.2 Å². The molecule has 1 aromatic heterocycles. The third-order valence-electron chi connectivity index (χ3n) is 3.73. The summed E-state index contributed by atoms with van der Waals surface area (Å²) in [5.74, 6) is 0.969. The molecule has 0 radical (unpaired) electrons. The zero-order valence-corrected chi connectivity index (χ0v) is 10.8. The fraction of sp³-hybridized carbons (Fsp3) is 0.308. The van der Waals surface area contributed by atoms with Crippen LogP contribution in [0, 0.1) is 0 Å². The van der Waals surface area contributed by atoms with E-state index in [4.69, 9.17) is 10.7 Å². The normalized spacial score (nSPS) is 18.9. The lowest BCUT2D eigenvalue weighted by Gasteiger charge is -2.04. The van der Waals surface area contributed by atoms with Gasteiger partial charge in [0.1, 0.15) is 5.82 Å². The lowest BCUT2D eigenvalue weighted by molar-refractivity contribution is 0.682. The van der Waals surface area contributed by atoms with Gasteiger partial charge in [0.25, 0.3) is 0 Å². The Bertz CT molecular complexity index is 626. The molecule has 1 aromatic carbocycles. The van der Waals surface area contributed by atoms with Crippen LogP contribution in [0.1, 0.15) is 29.9 Å². The van der Waals surface area contributed by atoms with Crippen molar-refractivity contribution in [2.45, 2.75) is 24.8 Å². The molecule has 17 heavy (non-hydrogen) atoms. The molecule has 0 unspecified atom stereocenters. The van der Waals surface area contributed by atoms with Crippen LogP contribution in [0.25, 0.3) is 11.3 Å². The molecule has 2 aliphatic rings. The van der Waals surface area contributed by atoms with Crippen molar-refractivity contribution in [3.05, 3.63) is 39.8 Å². The largest absolute Gasteiger partial charge is 0.343 e. The number of aromatic nitrogens is 2. The minimum absolute atomic E-state index is 0.167. The molecule has 1 heterocycles. The Hall–Kier alpha value is -1.13. The van der Waals surface area contributed by atoms with Gasteiger partial charge in [0.15, 0.2) is 0 Å². The highest BCUT2D eigenvalue weighted by Crippen LogP contribution is 2.44. The second-order valence-electron chi connectivity index (χ2n) is 5.05. The van der Waals surface area contributed by atoms with Crippen molar-refractivity contribution in [2.24, 2.45) is 5.73 Å². The first-order valence-electron chi connectivity index (χ1n) is 5.83. The van der Waals surface area contributed by atoms with Gasteiger partial charge in [-0.3, -0.25) is 0 Å². The number of fused-ring (bicyclic) bond motifs is 3. The molecule has 0 spiro atoms. The molecule has 2 aromatic rings. The highest BCUT2D eigenvalue weighted by Gasteiger charge is 2.44. The van der Waals surface area contributed by atoms with Crippen LogP contribution in [0.2, 0.25) is 0 Å². The molecule has 0 amide bonds. The molecule has 3 nitrogen and oxygen atoms in total. The molecule has 0 aliphatic heterocycles. The van der Waals surface area contributed by atoms with Gasteiger partial charge in [-0.05, 0) is 30.5 Å². The number of H-pyrrole nitrogens is 1. The number of nitrogens with one attached hydrogen (secondary N) is 1. The standard InChI is InChI=1S/C13H12BrN3/c14-8-1-2-9-7(5-8)6-10-11(9)17-12(16-10)13(15)3-4-13/h1-2,5H,3-4,6,15H2,(H,16,17). The molecule has 4 rings (SSSR count). The highest BCUT2D eigenvalue weighted by molar-refractivity contribution is 9.10. The number of nitrogens with zero attached hydrogens (tertiary/aromatic N) is 1. The molecule has 0 bridgehead atoms. The van der Waals surface area contributed by atoms with Gasteiger partial charge in [-0.1, -0.05) is 22.0 Å². The van der Waals surface area contributed by atoms with Crippen LogP contribution < -0.4 is 5.73 Å². The summed E-state index contributed by atoms with van der Waals surface area (Å²) in [6, 6.07) is 6.36. The number of hydrogen-bond acceptors (Lipinski definition) is 2. The summed E-state index contributed by atoms with van der Waals surface area (Å²) in [6.07, 6.45) is 3.03. The van der Waals surface area contributed by atoms with E-state index in [2.05, 4.69) is 39.1 Å². The lowest BCUT2D eigenvalue weighted by atomic mass is 10.1. The minimum Gasteiger partial charge on any atom is -0.343 e. The maximum atomic E-state index is 6.17. The van der Waals surface area contributed by atoms with Crippen molar-refractivity contribution in [3.8, 4) is 11.3 Å². The summed E-state index contributed by atoms with van der Waals surface area (Å²) in [4.78, 5) is 8.11. The quantitative estimate of drug-likeness (QED) is 0.724. The zero-order valence-electron chi connectivity index (χ0n) is 9.26. The topological polar surface area (TPSA) is 54.7 Å². The Morgan fingerprint density at radius 3 is 2.94 bits per heavy atom. The minimum atomic E-state index is -0.167. The van der Waals surface area contributed by atoms with Gasteiger partial charge >= 0.3 is 0 Å². The molecular weight excluding hydrogens is 278 g/mol. The van der Waals surface area contributed by atoms with E-state index in [1.54, 1.807) is 0 Å². The van der Waals surface area contributed by atoms with Gasteiger partial charge in [0.05, 0.1) is 11.2 Å². The van der Waals surface area contributed by atoms with Crippen LogP contribution in [0.4, 0.5) is 0 Å². The zero-order chi connectivity index (χ0) is 11.6. The summed E-state index contributed by atoms with van der Waals surface area (Å²) in [5, 5.41) is 0. The first kappa shape index (κ1) is 9.85. The van der Waals surface area contributed by atoms with Crippen molar-refractivity contribution in [1.29, 1.82) is 0 Å². The number of halogens is 1. The number of hydrogen-bond donors (Lipinski definition) is 2. The fourth-order valence-corrected chi connectivity index (χ4v) is 2.91.